The summed E-state index contributed by atoms with van der Waals surface area (Å²) in [5.74, 6) is -0.387. The number of hydrogen-bond acceptors (Lipinski definition) is 3. The van der Waals surface area contributed by atoms with Crippen LogP contribution in [0, 0.1) is 0 Å². The zero-order chi connectivity index (χ0) is 14.8. The van der Waals surface area contributed by atoms with Gasteiger partial charge in [0, 0.05) is 18.4 Å². The fourth-order valence-corrected chi connectivity index (χ4v) is 3.01. The summed E-state index contributed by atoms with van der Waals surface area (Å²) in [5.41, 5.74) is 4.43. The van der Waals surface area contributed by atoms with Gasteiger partial charge in [-0.05, 0) is 36.6 Å². The maximum absolute atomic E-state index is 12.4. The molecule has 0 bridgehead atoms. The lowest BCUT2D eigenvalue weighted by Gasteiger charge is -2.22. The predicted octanol–water partition coefficient (Wildman–Crippen LogP) is 3.66. The van der Waals surface area contributed by atoms with Gasteiger partial charge < -0.3 is 9.64 Å². The molecule has 1 atom stereocenters. The van der Waals surface area contributed by atoms with Gasteiger partial charge >= 0.3 is 5.97 Å². The Hall–Kier alpha value is -2.29. The van der Waals surface area contributed by atoms with Gasteiger partial charge in [-0.3, -0.25) is 4.79 Å². The molecule has 0 fully saturated rings. The fourth-order valence-electron chi connectivity index (χ4n) is 3.01. The van der Waals surface area contributed by atoms with Crippen molar-refractivity contribution in [2.75, 3.05) is 18.6 Å². The van der Waals surface area contributed by atoms with Gasteiger partial charge in [-0.1, -0.05) is 36.4 Å². The normalized spacial score (nSPS) is 16.7. The molecular formula is C18H19NO2. The lowest BCUT2D eigenvalue weighted by molar-refractivity contribution is -0.144. The van der Waals surface area contributed by atoms with Gasteiger partial charge in [-0.25, -0.2) is 0 Å². The van der Waals surface area contributed by atoms with Crippen molar-refractivity contribution in [3.63, 3.8) is 0 Å². The Morgan fingerprint density at radius 3 is 2.57 bits per heavy atom. The van der Waals surface area contributed by atoms with Gasteiger partial charge in [-0.15, -0.1) is 0 Å². The molecule has 3 heteroatoms. The summed E-state index contributed by atoms with van der Waals surface area (Å²) in [6, 6.07) is 16.3. The van der Waals surface area contributed by atoms with Crippen LogP contribution in [0.5, 0.6) is 0 Å². The monoisotopic (exact) mass is 281 g/mol. The van der Waals surface area contributed by atoms with E-state index >= 15 is 0 Å². The minimum atomic E-state index is -0.243. The molecule has 3 nitrogen and oxygen atoms in total. The van der Waals surface area contributed by atoms with Crippen molar-refractivity contribution in [1.29, 1.82) is 0 Å². The first-order chi connectivity index (χ1) is 10.2. The maximum atomic E-state index is 12.4. The third-order valence-electron chi connectivity index (χ3n) is 4.02. The number of para-hydroxylation sites is 2. The van der Waals surface area contributed by atoms with Crippen LogP contribution in [-0.4, -0.2) is 19.6 Å². The number of rotatable bonds is 2. The molecule has 0 spiro atoms. The summed E-state index contributed by atoms with van der Waals surface area (Å²) in [6.07, 6.45) is 0.677. The molecule has 1 aliphatic heterocycles. The summed E-state index contributed by atoms with van der Waals surface area (Å²) >= 11 is 0. The van der Waals surface area contributed by atoms with E-state index in [-0.39, 0.29) is 11.9 Å². The quantitative estimate of drug-likeness (QED) is 0.787. The highest BCUT2D eigenvalue weighted by Gasteiger charge is 2.30. The van der Waals surface area contributed by atoms with Gasteiger partial charge in [0.2, 0.25) is 0 Å². The number of fused-ring (bicyclic) bond motifs is 2. The van der Waals surface area contributed by atoms with Crippen molar-refractivity contribution in [2.24, 2.45) is 0 Å². The van der Waals surface area contributed by atoms with E-state index in [0.29, 0.717) is 13.0 Å². The van der Waals surface area contributed by atoms with E-state index in [2.05, 4.69) is 23.1 Å². The number of anilines is 2. The Morgan fingerprint density at radius 1 is 1.14 bits per heavy atom. The van der Waals surface area contributed by atoms with Crippen LogP contribution in [-0.2, 0) is 16.0 Å². The number of nitrogens with zero attached hydrogens (tertiary/aromatic N) is 1. The van der Waals surface area contributed by atoms with E-state index in [1.54, 1.807) is 0 Å². The second kappa shape index (κ2) is 5.60. The summed E-state index contributed by atoms with van der Waals surface area (Å²) in [5, 5.41) is 0. The molecular weight excluding hydrogens is 262 g/mol. The van der Waals surface area contributed by atoms with Crippen molar-refractivity contribution in [1.82, 2.24) is 0 Å². The van der Waals surface area contributed by atoms with Crippen molar-refractivity contribution in [3.8, 4) is 0 Å². The summed E-state index contributed by atoms with van der Waals surface area (Å²) in [4.78, 5) is 14.5. The van der Waals surface area contributed by atoms with E-state index in [4.69, 9.17) is 4.74 Å². The number of carbonyl (C=O) groups excluding carboxylic acids is 1. The van der Waals surface area contributed by atoms with E-state index < -0.39 is 0 Å². The highest BCUT2D eigenvalue weighted by Crippen LogP contribution is 2.40. The van der Waals surface area contributed by atoms with E-state index in [0.717, 1.165) is 16.9 Å². The van der Waals surface area contributed by atoms with Crippen molar-refractivity contribution < 1.29 is 9.53 Å². The molecule has 0 saturated carbocycles. The van der Waals surface area contributed by atoms with Crippen LogP contribution in [0.15, 0.2) is 48.5 Å². The van der Waals surface area contributed by atoms with Gasteiger partial charge in [0.1, 0.15) is 0 Å². The third kappa shape index (κ3) is 2.40. The maximum Gasteiger partial charge on any atom is 0.313 e. The summed E-state index contributed by atoms with van der Waals surface area (Å²) < 4.78 is 5.29. The molecule has 1 unspecified atom stereocenters. The minimum Gasteiger partial charge on any atom is -0.466 e. The molecule has 0 radical (unpaired) electrons. The smallest absolute Gasteiger partial charge is 0.313 e. The second-order valence-electron chi connectivity index (χ2n) is 5.26. The van der Waals surface area contributed by atoms with Crippen LogP contribution in [0.4, 0.5) is 11.4 Å². The Kier molecular flexibility index (Phi) is 3.65. The van der Waals surface area contributed by atoms with Gasteiger partial charge in [0.15, 0.2) is 0 Å². The molecule has 1 heterocycles. The first-order valence-electron chi connectivity index (χ1n) is 7.29. The Balaban J connectivity index is 2.15. The highest BCUT2D eigenvalue weighted by molar-refractivity contribution is 5.84. The number of hydrogen-bond donors (Lipinski definition) is 0. The molecule has 2 aromatic rings. The van der Waals surface area contributed by atoms with Crippen molar-refractivity contribution in [3.05, 3.63) is 59.7 Å². The summed E-state index contributed by atoms with van der Waals surface area (Å²) in [7, 11) is 2.05. The predicted molar refractivity (Wildman–Crippen MR) is 84.0 cm³/mol. The fraction of sp³-hybridized carbons (Fsp3) is 0.278. The van der Waals surface area contributed by atoms with Crippen molar-refractivity contribution in [2.45, 2.75) is 19.3 Å². The molecule has 3 rings (SSSR count). The van der Waals surface area contributed by atoms with Crippen LogP contribution < -0.4 is 4.90 Å². The van der Waals surface area contributed by atoms with Crippen LogP contribution >= 0.6 is 0 Å². The average Bonchev–Trinajstić information content (AvgIpc) is 2.64. The third-order valence-corrected chi connectivity index (χ3v) is 4.02. The van der Waals surface area contributed by atoms with Crippen LogP contribution in [0.1, 0.15) is 24.0 Å². The highest BCUT2D eigenvalue weighted by atomic mass is 16.5. The van der Waals surface area contributed by atoms with Gasteiger partial charge in [-0.2, -0.15) is 0 Å². The first kappa shape index (κ1) is 13.7. The topological polar surface area (TPSA) is 29.5 Å². The molecule has 0 amide bonds. The Labute approximate surface area is 125 Å². The van der Waals surface area contributed by atoms with Crippen LogP contribution in [0.3, 0.4) is 0 Å². The lowest BCUT2D eigenvalue weighted by atomic mass is 9.92. The SMILES string of the molecule is CCOC(=O)C1Cc2ccccc2N(C)c2ccccc21. The van der Waals surface area contributed by atoms with Gasteiger partial charge in [0.05, 0.1) is 12.5 Å². The molecule has 21 heavy (non-hydrogen) atoms. The standard InChI is InChI=1S/C18H19NO2/c1-3-21-18(20)15-12-13-8-4-6-10-16(13)19(2)17-11-7-5-9-14(15)17/h4-11,15H,3,12H2,1-2H3. The Bertz CT molecular complexity index is 666. The molecule has 2 aromatic carbocycles. The molecule has 1 aliphatic rings. The lowest BCUT2D eigenvalue weighted by Crippen LogP contribution is -2.18. The van der Waals surface area contributed by atoms with E-state index in [1.165, 1.54) is 5.56 Å². The largest absolute Gasteiger partial charge is 0.466 e. The molecule has 0 saturated heterocycles. The zero-order valence-corrected chi connectivity index (χ0v) is 12.4. The van der Waals surface area contributed by atoms with E-state index in [9.17, 15) is 4.79 Å². The Morgan fingerprint density at radius 2 is 1.81 bits per heavy atom. The average molecular weight is 281 g/mol. The van der Waals surface area contributed by atoms with Crippen LogP contribution in [0.25, 0.3) is 0 Å². The zero-order valence-electron chi connectivity index (χ0n) is 12.4. The van der Waals surface area contributed by atoms with Crippen molar-refractivity contribution >= 4 is 17.3 Å². The van der Waals surface area contributed by atoms with Gasteiger partial charge in [0.25, 0.3) is 0 Å². The minimum absolute atomic E-state index is 0.143. The molecule has 0 aliphatic carbocycles. The molecule has 108 valence electrons. The summed E-state index contributed by atoms with van der Waals surface area (Å²) in [6.45, 7) is 2.26. The number of carbonyl (C=O) groups is 1. The van der Waals surface area contributed by atoms with E-state index in [1.807, 2.05) is 44.3 Å². The molecule has 0 aromatic heterocycles. The first-order valence-corrected chi connectivity index (χ1v) is 7.29. The number of esters is 1. The van der Waals surface area contributed by atoms with Crippen LogP contribution in [0.2, 0.25) is 0 Å². The number of ether oxygens (including phenoxy) is 1. The second-order valence-corrected chi connectivity index (χ2v) is 5.26. The number of benzene rings is 2. The molecule has 0 N–H and O–H groups in total.